The highest BCUT2D eigenvalue weighted by Gasteiger charge is 2.41. The number of aromatic amines is 1. The Morgan fingerprint density at radius 2 is 2.00 bits per heavy atom. The fourth-order valence-electron chi connectivity index (χ4n) is 3.60. The molecule has 30 heavy (non-hydrogen) atoms. The van der Waals surface area contributed by atoms with Gasteiger partial charge in [0.1, 0.15) is 23.8 Å². The van der Waals surface area contributed by atoms with Gasteiger partial charge in [0.05, 0.1) is 25.1 Å². The van der Waals surface area contributed by atoms with Gasteiger partial charge in [-0.1, -0.05) is 18.2 Å². The van der Waals surface area contributed by atoms with Crippen molar-refractivity contribution in [2.45, 2.75) is 12.0 Å². The van der Waals surface area contributed by atoms with Crippen molar-refractivity contribution in [2.24, 2.45) is 5.73 Å². The third-order valence-electron chi connectivity index (χ3n) is 5.02. The molecule has 0 bridgehead atoms. The number of benzene rings is 2. The SMILES string of the molecule is NC(=O)C[C@]1(COc2ccc(F)cc2)CN(C(=O)c2n[nH]c3ccccc23)CCO1. The van der Waals surface area contributed by atoms with Gasteiger partial charge >= 0.3 is 0 Å². The van der Waals surface area contributed by atoms with Crippen LogP contribution in [0.3, 0.4) is 0 Å². The summed E-state index contributed by atoms with van der Waals surface area (Å²) in [6.45, 7) is 0.648. The van der Waals surface area contributed by atoms with Crippen LogP contribution >= 0.6 is 0 Å². The number of fused-ring (bicyclic) bond motifs is 1. The summed E-state index contributed by atoms with van der Waals surface area (Å²) < 4.78 is 24.7. The molecule has 1 aliphatic rings. The number of para-hydroxylation sites is 1. The Kier molecular flexibility index (Phi) is 5.37. The number of amides is 2. The molecule has 9 heteroatoms. The number of hydrogen-bond acceptors (Lipinski definition) is 5. The van der Waals surface area contributed by atoms with E-state index in [0.29, 0.717) is 18.0 Å². The number of aromatic nitrogens is 2. The van der Waals surface area contributed by atoms with Gasteiger partial charge in [0.25, 0.3) is 5.91 Å². The molecule has 0 aliphatic carbocycles. The fraction of sp³-hybridized carbons (Fsp3) is 0.286. The maximum Gasteiger partial charge on any atom is 0.275 e. The van der Waals surface area contributed by atoms with Crippen LogP contribution in [-0.2, 0) is 9.53 Å². The number of nitrogens with one attached hydrogen (secondary N) is 1. The molecule has 2 aromatic carbocycles. The minimum atomic E-state index is -1.11. The van der Waals surface area contributed by atoms with Crippen molar-refractivity contribution in [1.29, 1.82) is 0 Å². The van der Waals surface area contributed by atoms with E-state index in [1.165, 1.54) is 24.3 Å². The maximum absolute atomic E-state index is 13.1. The number of nitrogens with zero attached hydrogens (tertiary/aromatic N) is 2. The molecule has 3 N–H and O–H groups in total. The van der Waals surface area contributed by atoms with E-state index >= 15 is 0 Å². The van der Waals surface area contributed by atoms with Crippen molar-refractivity contribution < 1.29 is 23.5 Å². The van der Waals surface area contributed by atoms with E-state index in [1.807, 2.05) is 24.3 Å². The van der Waals surface area contributed by atoms with Crippen LogP contribution in [0, 0.1) is 5.82 Å². The number of hydrogen-bond donors (Lipinski definition) is 2. The predicted molar refractivity (Wildman–Crippen MR) is 106 cm³/mol. The standard InChI is InChI=1S/C21H21FN4O4/c22-14-5-7-15(8-6-14)29-13-21(11-18(23)27)12-26(9-10-30-21)20(28)19-16-3-1-2-4-17(16)24-25-19/h1-8H,9-13H2,(H2,23,27)(H,24,25)/t21-/m1/s1. The molecule has 1 aliphatic heterocycles. The lowest BCUT2D eigenvalue weighted by atomic mass is 9.97. The van der Waals surface area contributed by atoms with Crippen LogP contribution in [0.1, 0.15) is 16.9 Å². The first kappa shape index (κ1) is 19.8. The molecular weight excluding hydrogens is 391 g/mol. The summed E-state index contributed by atoms with van der Waals surface area (Å²) in [5.74, 6) is -0.805. The first-order valence-electron chi connectivity index (χ1n) is 9.49. The molecule has 2 amide bonds. The zero-order chi connectivity index (χ0) is 21.1. The highest BCUT2D eigenvalue weighted by Crippen LogP contribution is 2.26. The number of nitrogens with two attached hydrogens (primary N) is 1. The number of halogens is 1. The van der Waals surface area contributed by atoms with Gasteiger partial charge in [0, 0.05) is 11.9 Å². The average Bonchev–Trinajstić information content (AvgIpc) is 3.17. The lowest BCUT2D eigenvalue weighted by Crippen LogP contribution is -2.58. The van der Waals surface area contributed by atoms with Crippen molar-refractivity contribution in [3.8, 4) is 5.75 Å². The molecule has 1 fully saturated rings. The second kappa shape index (κ2) is 8.11. The quantitative estimate of drug-likeness (QED) is 0.642. The van der Waals surface area contributed by atoms with Crippen LogP contribution in [-0.4, -0.2) is 58.8 Å². The molecule has 1 saturated heterocycles. The highest BCUT2D eigenvalue weighted by atomic mass is 19.1. The molecule has 1 atom stereocenters. The van der Waals surface area contributed by atoms with E-state index in [1.54, 1.807) is 4.90 Å². The Labute approximate surface area is 171 Å². The van der Waals surface area contributed by atoms with Crippen molar-refractivity contribution in [2.75, 3.05) is 26.3 Å². The summed E-state index contributed by atoms with van der Waals surface area (Å²) in [5.41, 5.74) is 5.40. The average molecular weight is 412 g/mol. The molecule has 3 aromatic rings. The van der Waals surface area contributed by atoms with Crippen molar-refractivity contribution in [3.05, 3.63) is 60.0 Å². The fourth-order valence-corrected chi connectivity index (χ4v) is 3.60. The predicted octanol–water partition coefficient (Wildman–Crippen LogP) is 1.87. The van der Waals surface area contributed by atoms with Crippen LogP contribution in [0.15, 0.2) is 48.5 Å². The minimum absolute atomic E-state index is 0.0212. The van der Waals surface area contributed by atoms with Gasteiger partial charge < -0.3 is 20.1 Å². The van der Waals surface area contributed by atoms with E-state index in [0.717, 1.165) is 10.9 Å². The highest BCUT2D eigenvalue weighted by molar-refractivity contribution is 6.04. The van der Waals surface area contributed by atoms with E-state index in [2.05, 4.69) is 10.2 Å². The molecule has 0 spiro atoms. The van der Waals surface area contributed by atoms with Crippen LogP contribution in [0.2, 0.25) is 0 Å². The Hall–Kier alpha value is -3.46. The van der Waals surface area contributed by atoms with Gasteiger partial charge in [-0.25, -0.2) is 4.39 Å². The summed E-state index contributed by atoms with van der Waals surface area (Å²) in [7, 11) is 0. The van der Waals surface area contributed by atoms with E-state index in [4.69, 9.17) is 15.2 Å². The van der Waals surface area contributed by atoms with Gasteiger partial charge in [-0.15, -0.1) is 0 Å². The third kappa shape index (κ3) is 4.11. The maximum atomic E-state index is 13.1. The summed E-state index contributed by atoms with van der Waals surface area (Å²) in [5, 5.41) is 7.74. The van der Waals surface area contributed by atoms with Crippen LogP contribution in [0.5, 0.6) is 5.75 Å². The number of rotatable bonds is 6. The van der Waals surface area contributed by atoms with Crippen LogP contribution in [0.4, 0.5) is 4.39 Å². The first-order valence-corrected chi connectivity index (χ1v) is 9.49. The summed E-state index contributed by atoms with van der Waals surface area (Å²) in [4.78, 5) is 26.5. The summed E-state index contributed by atoms with van der Waals surface area (Å²) in [6, 6.07) is 12.9. The zero-order valence-corrected chi connectivity index (χ0v) is 16.1. The Bertz CT molecular complexity index is 1070. The molecule has 1 aromatic heterocycles. The second-order valence-electron chi connectivity index (χ2n) is 7.26. The van der Waals surface area contributed by atoms with Crippen molar-refractivity contribution >= 4 is 22.7 Å². The van der Waals surface area contributed by atoms with Crippen molar-refractivity contribution in [3.63, 3.8) is 0 Å². The van der Waals surface area contributed by atoms with Gasteiger partial charge in [-0.2, -0.15) is 5.10 Å². The summed E-state index contributed by atoms with van der Waals surface area (Å²) in [6.07, 6.45) is -0.126. The number of ether oxygens (including phenoxy) is 2. The largest absolute Gasteiger partial charge is 0.490 e. The van der Waals surface area contributed by atoms with Gasteiger partial charge in [0.2, 0.25) is 5.91 Å². The second-order valence-corrected chi connectivity index (χ2v) is 7.26. The molecular formula is C21H21FN4O4. The molecule has 0 radical (unpaired) electrons. The molecule has 4 rings (SSSR count). The molecule has 0 saturated carbocycles. The van der Waals surface area contributed by atoms with Crippen molar-refractivity contribution in [1.82, 2.24) is 15.1 Å². The van der Waals surface area contributed by atoms with Gasteiger partial charge in [-0.05, 0) is 30.3 Å². The third-order valence-corrected chi connectivity index (χ3v) is 5.02. The van der Waals surface area contributed by atoms with E-state index in [9.17, 15) is 14.0 Å². The molecule has 8 nitrogen and oxygen atoms in total. The monoisotopic (exact) mass is 412 g/mol. The Morgan fingerprint density at radius 1 is 1.23 bits per heavy atom. The normalized spacial score (nSPS) is 19.0. The van der Waals surface area contributed by atoms with Crippen LogP contribution < -0.4 is 10.5 Å². The number of primary amides is 1. The van der Waals surface area contributed by atoms with Gasteiger partial charge in [0.15, 0.2) is 5.69 Å². The number of carbonyl (C=O) groups is 2. The Balaban J connectivity index is 1.54. The molecule has 156 valence electrons. The smallest absolute Gasteiger partial charge is 0.275 e. The lowest BCUT2D eigenvalue weighted by Gasteiger charge is -2.41. The number of carbonyl (C=O) groups excluding carboxylic acids is 2. The number of H-pyrrole nitrogens is 1. The lowest BCUT2D eigenvalue weighted by molar-refractivity contribution is -0.142. The topological polar surface area (TPSA) is 111 Å². The minimum Gasteiger partial charge on any atom is -0.490 e. The molecule has 0 unspecified atom stereocenters. The Morgan fingerprint density at radius 3 is 2.77 bits per heavy atom. The van der Waals surface area contributed by atoms with E-state index < -0.39 is 11.5 Å². The first-order chi connectivity index (χ1) is 14.5. The zero-order valence-electron chi connectivity index (χ0n) is 16.1. The van der Waals surface area contributed by atoms with Gasteiger partial charge in [-0.3, -0.25) is 14.7 Å². The summed E-state index contributed by atoms with van der Waals surface area (Å²) >= 11 is 0. The van der Waals surface area contributed by atoms with E-state index in [-0.39, 0.29) is 37.9 Å². The number of morpholine rings is 1. The molecule has 2 heterocycles. The van der Waals surface area contributed by atoms with Crippen LogP contribution in [0.25, 0.3) is 10.9 Å².